The highest BCUT2D eigenvalue weighted by Crippen LogP contribution is 2.21. The molecule has 8 nitrogen and oxygen atoms in total. The summed E-state index contributed by atoms with van der Waals surface area (Å²) < 4.78 is 17.1. The minimum atomic E-state index is -1.03. The summed E-state index contributed by atoms with van der Waals surface area (Å²) in [5.41, 5.74) is 1.31. The van der Waals surface area contributed by atoms with Gasteiger partial charge in [-0.3, -0.25) is 4.79 Å². The van der Waals surface area contributed by atoms with Gasteiger partial charge in [0.2, 0.25) is 5.69 Å². The Morgan fingerprint density at radius 3 is 2.31 bits per heavy atom. The fraction of sp³-hybridized carbons (Fsp3) is 0.190. The summed E-state index contributed by atoms with van der Waals surface area (Å²) in [4.78, 5) is 24.9. The van der Waals surface area contributed by atoms with Gasteiger partial charge in [-0.05, 0) is 43.3 Å². The third-order valence-corrected chi connectivity index (χ3v) is 4.13. The smallest absolute Gasteiger partial charge is 0.363 e. The maximum Gasteiger partial charge on any atom is 0.363 e. The van der Waals surface area contributed by atoms with Gasteiger partial charge in [0.05, 0.1) is 26.1 Å². The lowest BCUT2D eigenvalue weighted by Crippen LogP contribution is -2.30. The summed E-state index contributed by atoms with van der Waals surface area (Å²) in [5.74, 6) is -0.302. The number of carbonyl (C=O) groups is 2. The number of hydrogen-bond donors (Lipinski definition) is 1. The highest BCUT2D eigenvalue weighted by Gasteiger charge is 2.25. The molecule has 1 heterocycles. The number of esters is 1. The van der Waals surface area contributed by atoms with Crippen molar-refractivity contribution in [2.45, 2.75) is 13.0 Å². The zero-order valence-corrected chi connectivity index (χ0v) is 16.3. The van der Waals surface area contributed by atoms with E-state index >= 15 is 0 Å². The van der Waals surface area contributed by atoms with E-state index in [1.165, 1.54) is 18.7 Å². The lowest BCUT2D eigenvalue weighted by atomic mass is 10.3. The molecule has 0 aliphatic rings. The fourth-order valence-electron chi connectivity index (χ4n) is 2.55. The molecule has 0 aliphatic heterocycles. The molecule has 1 aromatic heterocycles. The van der Waals surface area contributed by atoms with Crippen LogP contribution >= 0.6 is 0 Å². The number of benzene rings is 2. The first-order valence-corrected chi connectivity index (χ1v) is 8.86. The second-order valence-corrected chi connectivity index (χ2v) is 6.09. The summed E-state index contributed by atoms with van der Waals surface area (Å²) in [7, 11) is 2.99. The average molecular weight is 395 g/mol. The van der Waals surface area contributed by atoms with E-state index in [1.54, 1.807) is 37.6 Å². The summed E-state index contributed by atoms with van der Waals surface area (Å²) in [5, 5.41) is 6.92. The normalized spacial score (nSPS) is 11.4. The molecule has 3 rings (SSSR count). The number of methoxy groups -OCH3 is 2. The monoisotopic (exact) mass is 395 g/mol. The van der Waals surface area contributed by atoms with Crippen molar-refractivity contribution < 1.29 is 23.8 Å². The Morgan fingerprint density at radius 2 is 1.69 bits per heavy atom. The molecule has 1 amide bonds. The third kappa shape index (κ3) is 4.73. The van der Waals surface area contributed by atoms with Crippen LogP contribution in [0.4, 0.5) is 5.69 Å². The molecule has 1 atom stereocenters. The zero-order chi connectivity index (χ0) is 20.8. The topological polar surface area (TPSA) is 91.7 Å². The van der Waals surface area contributed by atoms with E-state index < -0.39 is 18.0 Å². The maximum absolute atomic E-state index is 12.5. The molecule has 0 spiro atoms. The molecule has 0 fully saturated rings. The van der Waals surface area contributed by atoms with Crippen LogP contribution in [0, 0.1) is 0 Å². The number of ether oxygens (including phenoxy) is 3. The van der Waals surface area contributed by atoms with Crippen LogP contribution in [0.3, 0.4) is 0 Å². The highest BCUT2D eigenvalue weighted by atomic mass is 16.6. The third-order valence-electron chi connectivity index (χ3n) is 4.13. The van der Waals surface area contributed by atoms with E-state index in [4.69, 9.17) is 14.2 Å². The fourth-order valence-corrected chi connectivity index (χ4v) is 2.55. The van der Waals surface area contributed by atoms with E-state index in [0.29, 0.717) is 11.4 Å². The van der Waals surface area contributed by atoms with Crippen LogP contribution in [-0.4, -0.2) is 42.0 Å². The largest absolute Gasteiger partial charge is 0.497 e. The van der Waals surface area contributed by atoms with Crippen molar-refractivity contribution in [2.24, 2.45) is 0 Å². The van der Waals surface area contributed by atoms with Gasteiger partial charge in [-0.2, -0.15) is 5.10 Å². The number of amides is 1. The number of nitrogens with zero attached hydrogens (tertiary/aromatic N) is 2. The van der Waals surface area contributed by atoms with Gasteiger partial charge in [-0.15, -0.1) is 0 Å². The number of anilines is 1. The minimum absolute atomic E-state index is 0.0135. The molecule has 0 saturated heterocycles. The van der Waals surface area contributed by atoms with Gasteiger partial charge in [0.25, 0.3) is 5.91 Å². The quantitative estimate of drug-likeness (QED) is 0.618. The Balaban J connectivity index is 1.68. The number of aromatic nitrogens is 2. The molecule has 0 unspecified atom stereocenters. The van der Waals surface area contributed by atoms with Gasteiger partial charge >= 0.3 is 5.97 Å². The second kappa shape index (κ2) is 8.92. The lowest BCUT2D eigenvalue weighted by molar-refractivity contribution is -0.123. The number of rotatable bonds is 7. The van der Waals surface area contributed by atoms with Gasteiger partial charge in [0.1, 0.15) is 5.75 Å². The number of para-hydroxylation sites is 1. The van der Waals surface area contributed by atoms with Crippen molar-refractivity contribution in [3.05, 3.63) is 66.5 Å². The average Bonchev–Trinajstić information content (AvgIpc) is 3.19. The Kier molecular flexibility index (Phi) is 6.13. The molecule has 1 N–H and O–H groups in total. The van der Waals surface area contributed by atoms with Gasteiger partial charge < -0.3 is 19.5 Å². The standard InChI is InChI=1S/C21H21N3O5/c1-14(20(25)22-15-9-11-17(27-2)12-10-15)29-21(26)19-18(28-3)13-24(23-19)16-7-5-4-6-8-16/h4-14H,1-3H3,(H,22,25)/t14-/m0/s1. The zero-order valence-electron chi connectivity index (χ0n) is 16.3. The number of nitrogens with one attached hydrogen (secondary N) is 1. The van der Waals surface area contributed by atoms with Gasteiger partial charge in [-0.25, -0.2) is 9.48 Å². The lowest BCUT2D eigenvalue weighted by Gasteiger charge is -2.13. The van der Waals surface area contributed by atoms with Crippen LogP contribution in [-0.2, 0) is 9.53 Å². The predicted octanol–water partition coefficient (Wildman–Crippen LogP) is 3.07. The Labute approximate surface area is 168 Å². The number of carbonyl (C=O) groups excluding carboxylic acids is 2. The molecular weight excluding hydrogens is 374 g/mol. The summed E-state index contributed by atoms with van der Waals surface area (Å²) in [6, 6.07) is 16.1. The first-order chi connectivity index (χ1) is 14.0. The van der Waals surface area contributed by atoms with Crippen LogP contribution in [0.25, 0.3) is 5.69 Å². The molecule has 29 heavy (non-hydrogen) atoms. The molecular formula is C21H21N3O5. The Hall–Kier alpha value is -3.81. The number of hydrogen-bond acceptors (Lipinski definition) is 6. The van der Waals surface area contributed by atoms with Crippen LogP contribution in [0.1, 0.15) is 17.4 Å². The molecule has 0 saturated carbocycles. The molecule has 0 aliphatic carbocycles. The van der Waals surface area contributed by atoms with E-state index in [-0.39, 0.29) is 11.4 Å². The van der Waals surface area contributed by atoms with Crippen LogP contribution in [0.2, 0.25) is 0 Å². The van der Waals surface area contributed by atoms with Crippen LogP contribution < -0.4 is 14.8 Å². The Morgan fingerprint density at radius 1 is 1.00 bits per heavy atom. The SMILES string of the molecule is COc1ccc(NC(=O)[C@H](C)OC(=O)c2nn(-c3ccccc3)cc2OC)cc1. The van der Waals surface area contributed by atoms with E-state index in [0.717, 1.165) is 5.69 Å². The van der Waals surface area contributed by atoms with E-state index in [9.17, 15) is 9.59 Å². The molecule has 2 aromatic carbocycles. The van der Waals surface area contributed by atoms with Gasteiger partial charge in [0, 0.05) is 5.69 Å². The molecule has 0 bridgehead atoms. The highest BCUT2D eigenvalue weighted by molar-refractivity contribution is 5.97. The predicted molar refractivity (Wildman–Crippen MR) is 107 cm³/mol. The van der Waals surface area contributed by atoms with E-state index in [2.05, 4.69) is 10.4 Å². The first kappa shape index (κ1) is 19.9. The van der Waals surface area contributed by atoms with Crippen molar-refractivity contribution in [2.75, 3.05) is 19.5 Å². The van der Waals surface area contributed by atoms with Crippen LogP contribution in [0.15, 0.2) is 60.8 Å². The Bertz CT molecular complexity index is 983. The molecule has 8 heteroatoms. The van der Waals surface area contributed by atoms with Crippen molar-refractivity contribution in [3.8, 4) is 17.2 Å². The van der Waals surface area contributed by atoms with Crippen molar-refractivity contribution >= 4 is 17.6 Å². The minimum Gasteiger partial charge on any atom is -0.497 e. The molecule has 3 aromatic rings. The second-order valence-electron chi connectivity index (χ2n) is 6.09. The summed E-state index contributed by atoms with van der Waals surface area (Å²) >= 11 is 0. The van der Waals surface area contributed by atoms with E-state index in [1.807, 2.05) is 30.3 Å². The molecule has 0 radical (unpaired) electrons. The van der Waals surface area contributed by atoms with Crippen molar-refractivity contribution in [1.29, 1.82) is 0 Å². The van der Waals surface area contributed by atoms with Gasteiger partial charge in [-0.1, -0.05) is 18.2 Å². The van der Waals surface area contributed by atoms with Crippen molar-refractivity contribution in [1.82, 2.24) is 9.78 Å². The van der Waals surface area contributed by atoms with Crippen molar-refractivity contribution in [3.63, 3.8) is 0 Å². The first-order valence-electron chi connectivity index (χ1n) is 8.86. The summed E-state index contributed by atoms with van der Waals surface area (Å²) in [6.45, 7) is 1.48. The van der Waals surface area contributed by atoms with Crippen LogP contribution in [0.5, 0.6) is 11.5 Å². The summed E-state index contributed by atoms with van der Waals surface area (Å²) in [6.07, 6.45) is 0.546. The maximum atomic E-state index is 12.5. The van der Waals surface area contributed by atoms with Gasteiger partial charge in [0.15, 0.2) is 11.9 Å². The molecule has 150 valence electrons.